The van der Waals surface area contributed by atoms with E-state index < -0.39 is 11.7 Å². The van der Waals surface area contributed by atoms with Crippen molar-refractivity contribution in [1.82, 2.24) is 9.80 Å². The second-order valence-corrected chi connectivity index (χ2v) is 7.10. The molecule has 0 atom stereocenters. The van der Waals surface area contributed by atoms with E-state index in [4.69, 9.17) is 21.1 Å². The molecule has 3 rings (SSSR count). The molecule has 2 amide bonds. The van der Waals surface area contributed by atoms with Crippen molar-refractivity contribution in [2.45, 2.75) is 6.42 Å². The highest BCUT2D eigenvalue weighted by atomic mass is 35.5. The number of amides is 2. The van der Waals surface area contributed by atoms with Gasteiger partial charge in [0.1, 0.15) is 5.82 Å². The van der Waals surface area contributed by atoms with E-state index in [0.29, 0.717) is 42.7 Å². The van der Waals surface area contributed by atoms with E-state index in [1.165, 1.54) is 23.1 Å². The van der Waals surface area contributed by atoms with Crippen LogP contribution in [0.2, 0.25) is 5.02 Å². The van der Waals surface area contributed by atoms with Crippen LogP contribution in [0.5, 0.6) is 11.5 Å². The van der Waals surface area contributed by atoms with Crippen LogP contribution in [0.15, 0.2) is 36.4 Å². The van der Waals surface area contributed by atoms with Gasteiger partial charge < -0.3 is 19.3 Å². The first-order valence-corrected chi connectivity index (χ1v) is 9.53. The Morgan fingerprint density at radius 2 is 1.62 bits per heavy atom. The molecule has 0 N–H and O–H groups in total. The summed E-state index contributed by atoms with van der Waals surface area (Å²) in [5, 5.41) is 0.304. The van der Waals surface area contributed by atoms with Crippen molar-refractivity contribution in [2.75, 3.05) is 40.4 Å². The number of benzene rings is 2. The van der Waals surface area contributed by atoms with Gasteiger partial charge in [0.25, 0.3) is 5.91 Å². The Kier molecular flexibility index (Phi) is 6.59. The fourth-order valence-corrected chi connectivity index (χ4v) is 3.44. The van der Waals surface area contributed by atoms with Crippen molar-refractivity contribution in [3.8, 4) is 11.5 Å². The molecule has 0 aliphatic carbocycles. The third-order valence-corrected chi connectivity index (χ3v) is 5.12. The number of carbonyl (C=O) groups is 2. The molecule has 8 heteroatoms. The molecule has 0 unspecified atom stereocenters. The molecular formula is C21H22ClFN2O4. The Balaban J connectivity index is 1.59. The number of hydrogen-bond donors (Lipinski definition) is 0. The molecule has 1 saturated heterocycles. The number of halogens is 2. The van der Waals surface area contributed by atoms with Gasteiger partial charge in [-0.3, -0.25) is 9.59 Å². The van der Waals surface area contributed by atoms with Crippen LogP contribution in [0.4, 0.5) is 4.39 Å². The van der Waals surface area contributed by atoms with Crippen LogP contribution in [-0.4, -0.2) is 62.0 Å². The van der Waals surface area contributed by atoms with Gasteiger partial charge in [0.05, 0.1) is 26.2 Å². The summed E-state index contributed by atoms with van der Waals surface area (Å²) < 4.78 is 24.4. The number of methoxy groups -OCH3 is 2. The fourth-order valence-electron chi connectivity index (χ4n) is 3.27. The molecule has 1 aliphatic rings. The molecule has 0 radical (unpaired) electrons. The van der Waals surface area contributed by atoms with Gasteiger partial charge >= 0.3 is 0 Å². The van der Waals surface area contributed by atoms with Gasteiger partial charge in [0, 0.05) is 31.2 Å². The van der Waals surface area contributed by atoms with Crippen molar-refractivity contribution in [3.05, 3.63) is 58.4 Å². The molecule has 154 valence electrons. The number of ether oxygens (including phenoxy) is 2. The Morgan fingerprint density at radius 3 is 2.28 bits per heavy atom. The highest BCUT2D eigenvalue weighted by Gasteiger charge is 2.26. The van der Waals surface area contributed by atoms with Gasteiger partial charge in [-0.25, -0.2) is 4.39 Å². The van der Waals surface area contributed by atoms with E-state index in [9.17, 15) is 14.0 Å². The summed E-state index contributed by atoms with van der Waals surface area (Å²) >= 11 is 5.88. The number of nitrogens with zero attached hydrogens (tertiary/aromatic N) is 2. The zero-order valence-electron chi connectivity index (χ0n) is 16.3. The quantitative estimate of drug-likeness (QED) is 0.746. The first-order chi connectivity index (χ1) is 13.9. The minimum Gasteiger partial charge on any atom is -0.493 e. The zero-order valence-corrected chi connectivity index (χ0v) is 17.0. The van der Waals surface area contributed by atoms with Crippen LogP contribution in [0.3, 0.4) is 0 Å². The molecule has 0 saturated carbocycles. The molecule has 0 spiro atoms. The van der Waals surface area contributed by atoms with E-state index in [-0.39, 0.29) is 17.9 Å². The minimum atomic E-state index is -0.605. The third kappa shape index (κ3) is 4.79. The maximum atomic E-state index is 13.9. The second-order valence-electron chi connectivity index (χ2n) is 6.66. The van der Waals surface area contributed by atoms with Crippen molar-refractivity contribution in [2.24, 2.45) is 0 Å². The van der Waals surface area contributed by atoms with Gasteiger partial charge in [-0.2, -0.15) is 0 Å². The smallest absolute Gasteiger partial charge is 0.257 e. The van der Waals surface area contributed by atoms with Crippen LogP contribution in [0, 0.1) is 5.82 Å². The van der Waals surface area contributed by atoms with Gasteiger partial charge in [0.2, 0.25) is 5.91 Å². The Bertz CT molecular complexity index is 914. The molecule has 2 aromatic carbocycles. The SMILES string of the molecule is COc1ccc(CC(=O)N2CCN(C(=O)c3cc(Cl)ccc3F)CC2)cc1OC. The maximum absolute atomic E-state index is 13.9. The molecule has 0 bridgehead atoms. The van der Waals surface area contributed by atoms with Crippen molar-refractivity contribution >= 4 is 23.4 Å². The topological polar surface area (TPSA) is 59.1 Å². The van der Waals surface area contributed by atoms with E-state index in [0.717, 1.165) is 5.56 Å². The summed E-state index contributed by atoms with van der Waals surface area (Å²) in [6.45, 7) is 1.45. The summed E-state index contributed by atoms with van der Waals surface area (Å²) in [6.07, 6.45) is 0.219. The summed E-state index contributed by atoms with van der Waals surface area (Å²) in [6, 6.07) is 9.27. The fraction of sp³-hybridized carbons (Fsp3) is 0.333. The molecular weight excluding hydrogens is 399 g/mol. The molecule has 1 heterocycles. The Morgan fingerprint density at radius 1 is 0.966 bits per heavy atom. The number of hydrogen-bond acceptors (Lipinski definition) is 4. The van der Waals surface area contributed by atoms with Gasteiger partial charge in [0.15, 0.2) is 11.5 Å². The number of rotatable bonds is 5. The number of carbonyl (C=O) groups excluding carboxylic acids is 2. The van der Waals surface area contributed by atoms with Crippen molar-refractivity contribution < 1.29 is 23.5 Å². The van der Waals surface area contributed by atoms with Crippen LogP contribution in [0.1, 0.15) is 15.9 Å². The molecule has 0 aromatic heterocycles. The van der Waals surface area contributed by atoms with Gasteiger partial charge in [-0.1, -0.05) is 17.7 Å². The second kappa shape index (κ2) is 9.13. The van der Waals surface area contributed by atoms with Crippen LogP contribution in [-0.2, 0) is 11.2 Å². The average molecular weight is 421 g/mol. The summed E-state index contributed by atoms with van der Waals surface area (Å²) in [7, 11) is 3.10. The van der Waals surface area contributed by atoms with Crippen molar-refractivity contribution in [1.29, 1.82) is 0 Å². The summed E-state index contributed by atoms with van der Waals surface area (Å²) in [5.74, 6) is 0.0995. The first kappa shape index (κ1) is 20.9. The highest BCUT2D eigenvalue weighted by Crippen LogP contribution is 2.28. The van der Waals surface area contributed by atoms with Crippen molar-refractivity contribution in [3.63, 3.8) is 0 Å². The van der Waals surface area contributed by atoms with E-state index >= 15 is 0 Å². The third-order valence-electron chi connectivity index (χ3n) is 4.88. The summed E-state index contributed by atoms with van der Waals surface area (Å²) in [5.41, 5.74) is 0.759. The van der Waals surface area contributed by atoms with Crippen LogP contribution in [0.25, 0.3) is 0 Å². The Hall–Kier alpha value is -2.80. The predicted molar refractivity (Wildman–Crippen MR) is 107 cm³/mol. The van der Waals surface area contributed by atoms with Gasteiger partial charge in [-0.05, 0) is 35.9 Å². The van der Waals surface area contributed by atoms with E-state index in [2.05, 4.69) is 0 Å². The molecule has 1 aliphatic heterocycles. The predicted octanol–water partition coefficient (Wildman–Crippen LogP) is 3.02. The van der Waals surface area contributed by atoms with Crippen LogP contribution < -0.4 is 9.47 Å². The lowest BCUT2D eigenvalue weighted by Crippen LogP contribution is -2.51. The lowest BCUT2D eigenvalue weighted by molar-refractivity contribution is -0.131. The molecule has 2 aromatic rings. The van der Waals surface area contributed by atoms with Crippen LogP contribution >= 0.6 is 11.6 Å². The normalized spacial score (nSPS) is 13.9. The monoisotopic (exact) mass is 420 g/mol. The Labute approximate surface area is 173 Å². The maximum Gasteiger partial charge on any atom is 0.257 e. The van der Waals surface area contributed by atoms with E-state index in [1.54, 1.807) is 31.3 Å². The average Bonchev–Trinajstić information content (AvgIpc) is 2.74. The molecule has 29 heavy (non-hydrogen) atoms. The van der Waals surface area contributed by atoms with Gasteiger partial charge in [-0.15, -0.1) is 0 Å². The highest BCUT2D eigenvalue weighted by molar-refractivity contribution is 6.31. The molecule has 6 nitrogen and oxygen atoms in total. The standard InChI is InChI=1S/C21H22ClFN2O4/c1-28-18-6-3-14(11-19(18)29-2)12-20(26)24-7-9-25(10-8-24)21(27)16-13-15(22)4-5-17(16)23/h3-6,11,13H,7-10,12H2,1-2H3. The summed E-state index contributed by atoms with van der Waals surface area (Å²) in [4.78, 5) is 28.4. The first-order valence-electron chi connectivity index (χ1n) is 9.16. The largest absolute Gasteiger partial charge is 0.493 e. The zero-order chi connectivity index (χ0) is 21.0. The lowest BCUT2D eigenvalue weighted by atomic mass is 10.1. The van der Waals surface area contributed by atoms with E-state index in [1.807, 2.05) is 6.07 Å². The molecule has 1 fully saturated rings. The number of piperazine rings is 1. The minimum absolute atomic E-state index is 0.0433. The lowest BCUT2D eigenvalue weighted by Gasteiger charge is -2.35.